The second-order valence-electron chi connectivity index (χ2n) is 5.73. The van der Waals surface area contributed by atoms with Crippen molar-refractivity contribution in [3.63, 3.8) is 0 Å². The third kappa shape index (κ3) is 3.95. The van der Waals surface area contributed by atoms with Gasteiger partial charge in [-0.3, -0.25) is 4.79 Å². The number of carbonyl (C=O) groups excluding carboxylic acids is 1. The zero-order valence-electron chi connectivity index (χ0n) is 11.2. The summed E-state index contributed by atoms with van der Waals surface area (Å²) in [5.41, 5.74) is 0. The van der Waals surface area contributed by atoms with Gasteiger partial charge in [-0.2, -0.15) is 0 Å². The van der Waals surface area contributed by atoms with E-state index in [1.54, 1.807) is 0 Å². The first-order valence-electron chi connectivity index (χ1n) is 7.43. The standard InChI is InChI=1S/C14H26N2O2/c17-10-11-4-3-6-13(11)16-14(18)8-7-12-5-1-2-9-15-12/h11-13,15,17H,1-10H2,(H,16,18). The molecular weight excluding hydrogens is 228 g/mol. The van der Waals surface area contributed by atoms with Crippen molar-refractivity contribution in [2.75, 3.05) is 13.2 Å². The third-order valence-corrected chi connectivity index (χ3v) is 4.37. The van der Waals surface area contributed by atoms with Crippen LogP contribution in [0.2, 0.25) is 0 Å². The highest BCUT2D eigenvalue weighted by atomic mass is 16.3. The van der Waals surface area contributed by atoms with E-state index >= 15 is 0 Å². The molecule has 1 heterocycles. The highest BCUT2D eigenvalue weighted by Gasteiger charge is 2.27. The van der Waals surface area contributed by atoms with E-state index in [4.69, 9.17) is 0 Å². The predicted molar refractivity (Wildman–Crippen MR) is 71.2 cm³/mol. The molecule has 3 unspecified atom stereocenters. The molecule has 2 aliphatic rings. The van der Waals surface area contributed by atoms with Crippen LogP contribution in [0.4, 0.5) is 0 Å². The van der Waals surface area contributed by atoms with Gasteiger partial charge in [-0.05, 0) is 38.6 Å². The normalized spacial score (nSPS) is 32.4. The molecule has 0 spiro atoms. The van der Waals surface area contributed by atoms with Crippen LogP contribution in [-0.2, 0) is 4.79 Å². The summed E-state index contributed by atoms with van der Waals surface area (Å²) in [6.45, 7) is 1.30. The van der Waals surface area contributed by atoms with E-state index in [9.17, 15) is 9.90 Å². The molecule has 0 aromatic heterocycles. The predicted octanol–water partition coefficient (Wildman–Crippen LogP) is 1.19. The van der Waals surface area contributed by atoms with E-state index in [-0.39, 0.29) is 24.5 Å². The average molecular weight is 254 g/mol. The van der Waals surface area contributed by atoms with Crippen molar-refractivity contribution in [2.45, 2.75) is 63.5 Å². The van der Waals surface area contributed by atoms with Gasteiger partial charge in [0.1, 0.15) is 0 Å². The van der Waals surface area contributed by atoms with Gasteiger partial charge in [-0.15, -0.1) is 0 Å². The zero-order chi connectivity index (χ0) is 12.8. The van der Waals surface area contributed by atoms with E-state index in [0.29, 0.717) is 12.5 Å². The second-order valence-corrected chi connectivity index (χ2v) is 5.73. The SMILES string of the molecule is O=C(CCC1CCCCN1)NC1CCCC1CO. The Morgan fingerprint density at radius 3 is 2.83 bits per heavy atom. The van der Waals surface area contributed by atoms with Crippen molar-refractivity contribution in [1.82, 2.24) is 10.6 Å². The molecule has 4 nitrogen and oxygen atoms in total. The lowest BCUT2D eigenvalue weighted by molar-refractivity contribution is -0.122. The largest absolute Gasteiger partial charge is 0.396 e. The van der Waals surface area contributed by atoms with Gasteiger partial charge in [-0.1, -0.05) is 12.8 Å². The fraction of sp³-hybridized carbons (Fsp3) is 0.929. The zero-order valence-corrected chi connectivity index (χ0v) is 11.2. The van der Waals surface area contributed by atoms with Crippen LogP contribution in [-0.4, -0.2) is 36.2 Å². The molecule has 104 valence electrons. The minimum atomic E-state index is 0.160. The number of aliphatic hydroxyl groups excluding tert-OH is 1. The van der Waals surface area contributed by atoms with Crippen LogP contribution in [0.1, 0.15) is 51.4 Å². The van der Waals surface area contributed by atoms with Crippen LogP contribution >= 0.6 is 0 Å². The Balaban J connectivity index is 1.65. The molecule has 2 fully saturated rings. The van der Waals surface area contributed by atoms with Gasteiger partial charge < -0.3 is 15.7 Å². The van der Waals surface area contributed by atoms with E-state index < -0.39 is 0 Å². The lowest BCUT2D eigenvalue weighted by Gasteiger charge is -2.24. The number of nitrogens with one attached hydrogen (secondary N) is 2. The van der Waals surface area contributed by atoms with Crippen molar-refractivity contribution >= 4 is 5.91 Å². The molecule has 0 aromatic carbocycles. The maximum absolute atomic E-state index is 11.9. The number of hydrogen-bond donors (Lipinski definition) is 3. The Morgan fingerprint density at radius 1 is 1.22 bits per heavy atom. The molecule has 0 radical (unpaired) electrons. The summed E-state index contributed by atoms with van der Waals surface area (Å²) in [5.74, 6) is 0.439. The summed E-state index contributed by atoms with van der Waals surface area (Å²) < 4.78 is 0. The van der Waals surface area contributed by atoms with E-state index in [1.165, 1.54) is 19.3 Å². The molecular formula is C14H26N2O2. The Labute approximate surface area is 110 Å². The lowest BCUT2D eigenvalue weighted by atomic mass is 10.00. The maximum atomic E-state index is 11.9. The highest BCUT2D eigenvalue weighted by Crippen LogP contribution is 2.25. The maximum Gasteiger partial charge on any atom is 0.220 e. The summed E-state index contributed by atoms with van der Waals surface area (Å²) in [4.78, 5) is 11.9. The fourth-order valence-corrected chi connectivity index (χ4v) is 3.20. The fourth-order valence-electron chi connectivity index (χ4n) is 3.20. The van der Waals surface area contributed by atoms with Crippen molar-refractivity contribution in [3.8, 4) is 0 Å². The average Bonchev–Trinajstić information content (AvgIpc) is 2.85. The number of amides is 1. The Hall–Kier alpha value is -0.610. The van der Waals surface area contributed by atoms with E-state index in [1.807, 2.05) is 0 Å². The van der Waals surface area contributed by atoms with Crippen molar-refractivity contribution in [1.29, 1.82) is 0 Å². The summed E-state index contributed by atoms with van der Waals surface area (Å²) in [6.07, 6.45) is 8.52. The van der Waals surface area contributed by atoms with E-state index in [0.717, 1.165) is 32.2 Å². The minimum Gasteiger partial charge on any atom is -0.396 e. The summed E-state index contributed by atoms with van der Waals surface area (Å²) in [7, 11) is 0. The minimum absolute atomic E-state index is 0.160. The first-order chi connectivity index (χ1) is 8.79. The van der Waals surface area contributed by atoms with Gasteiger partial charge >= 0.3 is 0 Å². The Kier molecular flexibility index (Phi) is 5.45. The van der Waals surface area contributed by atoms with Crippen LogP contribution < -0.4 is 10.6 Å². The first-order valence-corrected chi connectivity index (χ1v) is 7.43. The van der Waals surface area contributed by atoms with Crippen molar-refractivity contribution in [2.24, 2.45) is 5.92 Å². The molecule has 1 saturated carbocycles. The number of carbonyl (C=O) groups is 1. The molecule has 3 atom stereocenters. The van der Waals surface area contributed by atoms with Crippen molar-refractivity contribution < 1.29 is 9.90 Å². The van der Waals surface area contributed by atoms with Crippen molar-refractivity contribution in [3.05, 3.63) is 0 Å². The number of piperidine rings is 1. The summed E-state index contributed by atoms with van der Waals surface area (Å²) >= 11 is 0. The van der Waals surface area contributed by atoms with Gasteiger partial charge in [0.2, 0.25) is 5.91 Å². The lowest BCUT2D eigenvalue weighted by Crippen LogP contribution is -2.40. The topological polar surface area (TPSA) is 61.4 Å². The quantitative estimate of drug-likeness (QED) is 0.690. The number of rotatable bonds is 5. The van der Waals surface area contributed by atoms with Crippen LogP contribution in [0, 0.1) is 5.92 Å². The molecule has 1 aliphatic carbocycles. The molecule has 2 rings (SSSR count). The van der Waals surface area contributed by atoms with Gasteiger partial charge in [0.05, 0.1) is 0 Å². The van der Waals surface area contributed by atoms with Crippen LogP contribution in [0.25, 0.3) is 0 Å². The Bertz CT molecular complexity index is 265. The van der Waals surface area contributed by atoms with Crippen LogP contribution in [0.15, 0.2) is 0 Å². The monoisotopic (exact) mass is 254 g/mol. The second kappa shape index (κ2) is 7.10. The molecule has 0 bridgehead atoms. The van der Waals surface area contributed by atoms with Gasteiger partial charge in [-0.25, -0.2) is 0 Å². The molecule has 1 saturated heterocycles. The smallest absolute Gasteiger partial charge is 0.220 e. The Morgan fingerprint density at radius 2 is 2.11 bits per heavy atom. The highest BCUT2D eigenvalue weighted by molar-refractivity contribution is 5.76. The third-order valence-electron chi connectivity index (χ3n) is 4.37. The van der Waals surface area contributed by atoms with Crippen LogP contribution in [0.3, 0.4) is 0 Å². The molecule has 4 heteroatoms. The van der Waals surface area contributed by atoms with Gasteiger partial charge in [0, 0.05) is 31.0 Å². The molecule has 18 heavy (non-hydrogen) atoms. The van der Waals surface area contributed by atoms with Crippen LogP contribution in [0.5, 0.6) is 0 Å². The molecule has 1 aliphatic heterocycles. The summed E-state index contributed by atoms with van der Waals surface area (Å²) in [5, 5.41) is 15.8. The number of hydrogen-bond acceptors (Lipinski definition) is 3. The molecule has 3 N–H and O–H groups in total. The molecule has 0 aromatic rings. The van der Waals surface area contributed by atoms with Gasteiger partial charge in [0.15, 0.2) is 0 Å². The van der Waals surface area contributed by atoms with Gasteiger partial charge in [0.25, 0.3) is 0 Å². The first kappa shape index (κ1) is 13.8. The van der Waals surface area contributed by atoms with E-state index in [2.05, 4.69) is 10.6 Å². The molecule has 1 amide bonds. The number of aliphatic hydroxyl groups is 1. The summed E-state index contributed by atoms with van der Waals surface area (Å²) in [6, 6.07) is 0.739.